The summed E-state index contributed by atoms with van der Waals surface area (Å²) in [5.74, 6) is 1.42. The summed E-state index contributed by atoms with van der Waals surface area (Å²) in [5.41, 5.74) is 30.5. The highest BCUT2D eigenvalue weighted by molar-refractivity contribution is 5.95. The fraction of sp³-hybridized carbons (Fsp3) is 0.00971. The molecule has 8 heterocycles. The van der Waals surface area contributed by atoms with Gasteiger partial charge in [0.2, 0.25) is 0 Å². The summed E-state index contributed by atoms with van der Waals surface area (Å²) in [7, 11) is 0. The Bertz CT molecular complexity index is 6380. The Morgan fingerprint density at radius 3 is 0.814 bits per heavy atom. The molecule has 10 heteroatoms. The smallest absolute Gasteiger partial charge is 0.160 e. The Hall–Kier alpha value is -15.3. The van der Waals surface area contributed by atoms with E-state index < -0.39 is 0 Å². The van der Waals surface area contributed by atoms with Crippen LogP contribution in [0.1, 0.15) is 5.56 Å². The van der Waals surface area contributed by atoms with Crippen LogP contribution >= 0.6 is 0 Å². The molecule has 0 aliphatic carbocycles. The Morgan fingerprint density at radius 2 is 0.451 bits per heavy atom. The van der Waals surface area contributed by atoms with Gasteiger partial charge in [0.1, 0.15) is 0 Å². The molecule has 113 heavy (non-hydrogen) atoms. The number of hydrogen-bond acceptors (Lipinski definition) is 10. The lowest BCUT2D eigenvalue weighted by Crippen LogP contribution is -1.95. The average molecular weight is 1450 g/mol. The SMILES string of the molecule is Cc1ccc(-c2cc(-c3ccccc3)cc(-c3ccc(-c4ccc(-c5ccc(-c6cc(-c7ccccc7)nc(-c7ccccc7)n6)cc5)cc4)cn3)n2)nc1.c1ccc(-c2cc(-c3ccc(-c4ccc(-c5ccc(-c6cc(-c7ccccc7)nc(-c7ccccc7)n6)cc5)cc4)cn3)nc(-c3nccc4ccccc34)c2)cc1. The van der Waals surface area contributed by atoms with Gasteiger partial charge in [-0.25, -0.2) is 29.9 Å². The van der Waals surface area contributed by atoms with Crippen molar-refractivity contribution in [3.05, 3.63) is 413 Å². The van der Waals surface area contributed by atoms with Crippen molar-refractivity contribution in [2.45, 2.75) is 6.92 Å². The molecule has 0 atom stereocenters. The van der Waals surface area contributed by atoms with Gasteiger partial charge in [-0.1, -0.05) is 322 Å². The van der Waals surface area contributed by atoms with E-state index in [1.165, 1.54) is 0 Å². The number of rotatable bonds is 16. The number of fused-ring (bicyclic) bond motifs is 1. The van der Waals surface area contributed by atoms with Crippen LogP contribution in [0.5, 0.6) is 0 Å². The van der Waals surface area contributed by atoms with Gasteiger partial charge in [-0.15, -0.1) is 0 Å². The lowest BCUT2D eigenvalue weighted by molar-refractivity contribution is 1.18. The second-order valence-corrected chi connectivity index (χ2v) is 27.6. The van der Waals surface area contributed by atoms with E-state index in [0.29, 0.717) is 11.6 Å². The summed E-state index contributed by atoms with van der Waals surface area (Å²) < 4.78 is 0. The second kappa shape index (κ2) is 31.9. The highest BCUT2D eigenvalue weighted by Gasteiger charge is 2.18. The van der Waals surface area contributed by atoms with Crippen LogP contribution in [0.2, 0.25) is 0 Å². The maximum absolute atomic E-state index is 5.13. The molecule has 0 saturated heterocycles. The minimum atomic E-state index is 0.707. The summed E-state index contributed by atoms with van der Waals surface area (Å²) in [6.07, 6.45) is 7.59. The van der Waals surface area contributed by atoms with Crippen molar-refractivity contribution in [2.24, 2.45) is 0 Å². The van der Waals surface area contributed by atoms with Gasteiger partial charge in [-0.05, 0) is 134 Å². The number of nitrogens with zero attached hydrogens (tertiary/aromatic N) is 10. The van der Waals surface area contributed by atoms with E-state index in [2.05, 4.69) is 248 Å². The standard InChI is InChI=1S/C53H35N5.C50H35N5/c1-4-12-36(13-5-1)45-32-50(56-51(33-45)52-46-19-11-10-14-40(46)30-31-54-52)47-29-28-44(35-55-47)39-22-20-37(21-23-39)38-24-26-42(27-25-38)49-34-48(41-15-6-2-7-16-41)57-53(58-49)43-17-8-3-9-18-43;1-34-17-27-44(51-32-34)48-29-43(35-11-5-2-6-12-35)30-49(53-48)45-28-26-42(33-52-45)38-20-18-36(19-21-38)37-22-24-40(25-23-37)47-31-46(39-13-7-3-8-14-39)54-50(55-47)41-15-9-4-10-16-41/h1-35H;2-33H,1H3. The maximum Gasteiger partial charge on any atom is 0.160 e. The molecule has 19 rings (SSSR count). The maximum atomic E-state index is 5.13. The largest absolute Gasteiger partial charge is 0.254 e. The zero-order valence-corrected chi connectivity index (χ0v) is 61.7. The molecule has 532 valence electrons. The fourth-order valence-corrected chi connectivity index (χ4v) is 14.1. The fourth-order valence-electron chi connectivity index (χ4n) is 14.1. The van der Waals surface area contributed by atoms with Crippen molar-refractivity contribution >= 4 is 10.8 Å². The summed E-state index contributed by atoms with van der Waals surface area (Å²) in [6, 6.07) is 131. The van der Waals surface area contributed by atoms with Crippen LogP contribution in [0.25, 0.3) is 191 Å². The van der Waals surface area contributed by atoms with Crippen LogP contribution in [0.4, 0.5) is 0 Å². The van der Waals surface area contributed by atoms with Crippen molar-refractivity contribution < 1.29 is 0 Å². The zero-order valence-electron chi connectivity index (χ0n) is 61.7. The molecule has 0 N–H and O–H groups in total. The van der Waals surface area contributed by atoms with Crippen LogP contribution in [-0.4, -0.2) is 49.8 Å². The molecule has 0 radical (unpaired) electrons. The number of hydrogen-bond donors (Lipinski definition) is 0. The third kappa shape index (κ3) is 15.6. The Labute approximate surface area is 656 Å². The molecule has 0 amide bonds. The van der Waals surface area contributed by atoms with Gasteiger partial charge in [0.15, 0.2) is 11.6 Å². The van der Waals surface area contributed by atoms with Crippen LogP contribution < -0.4 is 0 Å². The average Bonchev–Trinajstić information content (AvgIpc) is 0.788. The zero-order chi connectivity index (χ0) is 75.7. The molecule has 0 unspecified atom stereocenters. The highest BCUT2D eigenvalue weighted by atomic mass is 14.9. The molecular formula is C103H70N10. The van der Waals surface area contributed by atoms with Gasteiger partial charge in [-0.3, -0.25) is 19.9 Å². The first kappa shape index (κ1) is 69.5. The van der Waals surface area contributed by atoms with Gasteiger partial charge >= 0.3 is 0 Å². The van der Waals surface area contributed by atoms with Crippen LogP contribution in [0, 0.1) is 6.92 Å². The van der Waals surface area contributed by atoms with Gasteiger partial charge in [0.25, 0.3) is 0 Å². The quantitative estimate of drug-likeness (QED) is 0.0922. The number of aromatic nitrogens is 10. The van der Waals surface area contributed by atoms with E-state index in [0.717, 1.165) is 185 Å². The summed E-state index contributed by atoms with van der Waals surface area (Å²) in [6.45, 7) is 2.04. The third-order valence-corrected chi connectivity index (χ3v) is 20.1. The van der Waals surface area contributed by atoms with E-state index in [9.17, 15) is 0 Å². The molecule has 8 aromatic heterocycles. The van der Waals surface area contributed by atoms with Gasteiger partial charge in [0, 0.05) is 74.7 Å². The van der Waals surface area contributed by atoms with Crippen molar-refractivity contribution in [3.63, 3.8) is 0 Å². The number of benzene rings is 11. The summed E-state index contributed by atoms with van der Waals surface area (Å²) >= 11 is 0. The Morgan fingerprint density at radius 1 is 0.168 bits per heavy atom. The van der Waals surface area contributed by atoms with E-state index in [4.69, 9.17) is 44.9 Å². The minimum Gasteiger partial charge on any atom is -0.254 e. The molecule has 11 aromatic carbocycles. The molecule has 0 aliphatic heterocycles. The first-order valence-electron chi connectivity index (χ1n) is 37.6. The number of aryl methyl sites for hydroxylation is 1. The van der Waals surface area contributed by atoms with Crippen LogP contribution in [-0.2, 0) is 0 Å². The Balaban J connectivity index is 0.000000158. The first-order chi connectivity index (χ1) is 55.8. The molecule has 0 bridgehead atoms. The Kier molecular flexibility index (Phi) is 19.6. The molecule has 0 fully saturated rings. The molecule has 0 spiro atoms. The topological polar surface area (TPSA) is 129 Å². The third-order valence-electron chi connectivity index (χ3n) is 20.1. The van der Waals surface area contributed by atoms with Crippen LogP contribution in [0.3, 0.4) is 0 Å². The van der Waals surface area contributed by atoms with Gasteiger partial charge < -0.3 is 0 Å². The lowest BCUT2D eigenvalue weighted by Gasteiger charge is -2.11. The normalized spacial score (nSPS) is 11.1. The lowest BCUT2D eigenvalue weighted by atomic mass is 9.99. The highest BCUT2D eigenvalue weighted by Crippen LogP contribution is 2.38. The van der Waals surface area contributed by atoms with Gasteiger partial charge in [0.05, 0.1) is 68.3 Å². The second-order valence-electron chi connectivity index (χ2n) is 27.6. The molecule has 10 nitrogen and oxygen atoms in total. The predicted octanol–water partition coefficient (Wildman–Crippen LogP) is 25.5. The molecule has 0 aliphatic rings. The summed E-state index contributed by atoms with van der Waals surface area (Å²) in [4.78, 5) is 49.2. The van der Waals surface area contributed by atoms with Crippen molar-refractivity contribution in [3.8, 4) is 180 Å². The van der Waals surface area contributed by atoms with E-state index in [1.54, 1.807) is 0 Å². The van der Waals surface area contributed by atoms with Crippen molar-refractivity contribution in [1.82, 2.24) is 49.8 Å². The van der Waals surface area contributed by atoms with Crippen molar-refractivity contribution in [1.29, 1.82) is 0 Å². The molecule has 19 aromatic rings. The van der Waals surface area contributed by atoms with Crippen molar-refractivity contribution in [2.75, 3.05) is 0 Å². The first-order valence-corrected chi connectivity index (χ1v) is 37.6. The number of pyridine rings is 6. The predicted molar refractivity (Wildman–Crippen MR) is 460 cm³/mol. The van der Waals surface area contributed by atoms with E-state index >= 15 is 0 Å². The minimum absolute atomic E-state index is 0.707. The van der Waals surface area contributed by atoms with E-state index in [1.807, 2.05) is 171 Å². The molecule has 0 saturated carbocycles. The monoisotopic (exact) mass is 1450 g/mol. The van der Waals surface area contributed by atoms with E-state index in [-0.39, 0.29) is 0 Å². The van der Waals surface area contributed by atoms with Gasteiger partial charge in [-0.2, -0.15) is 0 Å². The molecular weight excluding hydrogens is 1380 g/mol. The summed E-state index contributed by atoms with van der Waals surface area (Å²) in [5, 5.41) is 2.20. The van der Waals surface area contributed by atoms with Crippen LogP contribution in [0.15, 0.2) is 407 Å².